The molecule has 0 saturated carbocycles. The third-order valence-electron chi connectivity index (χ3n) is 2.20. The normalized spacial score (nSPS) is 11.6. The van der Waals surface area contributed by atoms with Crippen LogP contribution in [0.2, 0.25) is 5.15 Å². The lowest BCUT2D eigenvalue weighted by atomic mass is 9.99. The van der Waals surface area contributed by atoms with Crippen LogP contribution in [0.3, 0.4) is 0 Å². The molecular formula is C11H18ClN3S. The van der Waals surface area contributed by atoms with Gasteiger partial charge < -0.3 is 5.32 Å². The zero-order valence-electron chi connectivity index (χ0n) is 10.2. The summed E-state index contributed by atoms with van der Waals surface area (Å²) in [5, 5.41) is 4.56. The van der Waals surface area contributed by atoms with E-state index in [4.69, 9.17) is 11.6 Å². The van der Waals surface area contributed by atoms with Gasteiger partial charge in [0.2, 0.25) is 0 Å². The van der Waals surface area contributed by atoms with Gasteiger partial charge in [-0.2, -0.15) is 0 Å². The van der Waals surface area contributed by atoms with Crippen LogP contribution >= 0.6 is 23.4 Å². The second-order valence-electron chi connectivity index (χ2n) is 4.32. The SMILES string of the molecule is CCCC(C)(C)Nc1cc(Cl)nc(SC)n1. The highest BCUT2D eigenvalue weighted by Gasteiger charge is 2.17. The van der Waals surface area contributed by atoms with Crippen molar-refractivity contribution < 1.29 is 0 Å². The zero-order chi connectivity index (χ0) is 12.2. The minimum atomic E-state index is 0.0299. The molecule has 3 nitrogen and oxygen atoms in total. The van der Waals surface area contributed by atoms with Gasteiger partial charge in [0, 0.05) is 11.6 Å². The summed E-state index contributed by atoms with van der Waals surface area (Å²) < 4.78 is 0. The fourth-order valence-corrected chi connectivity index (χ4v) is 2.20. The lowest BCUT2D eigenvalue weighted by Crippen LogP contribution is -2.31. The molecule has 1 rings (SSSR count). The third-order valence-corrected chi connectivity index (χ3v) is 2.94. The Morgan fingerprint density at radius 3 is 2.69 bits per heavy atom. The van der Waals surface area contributed by atoms with Crippen molar-refractivity contribution in [3.05, 3.63) is 11.2 Å². The molecule has 0 aromatic carbocycles. The third kappa shape index (κ3) is 4.18. The fraction of sp³-hybridized carbons (Fsp3) is 0.636. The van der Waals surface area contributed by atoms with Gasteiger partial charge >= 0.3 is 0 Å². The van der Waals surface area contributed by atoms with E-state index in [1.165, 1.54) is 11.8 Å². The summed E-state index contributed by atoms with van der Waals surface area (Å²) in [6.45, 7) is 6.49. The first-order valence-corrected chi connectivity index (χ1v) is 6.94. The lowest BCUT2D eigenvalue weighted by Gasteiger charge is -2.26. The van der Waals surface area contributed by atoms with Gasteiger partial charge in [0.15, 0.2) is 5.16 Å². The van der Waals surface area contributed by atoms with Crippen molar-refractivity contribution in [1.29, 1.82) is 0 Å². The van der Waals surface area contributed by atoms with Crippen LogP contribution in [-0.2, 0) is 0 Å². The second-order valence-corrected chi connectivity index (χ2v) is 5.48. The molecule has 90 valence electrons. The number of thioether (sulfide) groups is 1. The summed E-state index contributed by atoms with van der Waals surface area (Å²) >= 11 is 7.42. The Kier molecular flexibility index (Phi) is 4.87. The Balaban J connectivity index is 2.84. The van der Waals surface area contributed by atoms with Gasteiger partial charge in [0.05, 0.1) is 0 Å². The van der Waals surface area contributed by atoms with Crippen molar-refractivity contribution in [3.63, 3.8) is 0 Å². The van der Waals surface area contributed by atoms with Crippen molar-refractivity contribution in [1.82, 2.24) is 9.97 Å². The van der Waals surface area contributed by atoms with Crippen molar-refractivity contribution >= 4 is 29.2 Å². The molecule has 16 heavy (non-hydrogen) atoms. The molecule has 0 bridgehead atoms. The Hall–Kier alpha value is -0.480. The van der Waals surface area contributed by atoms with Crippen LogP contribution in [0.1, 0.15) is 33.6 Å². The van der Waals surface area contributed by atoms with E-state index in [1.54, 1.807) is 6.07 Å². The van der Waals surface area contributed by atoms with Crippen molar-refractivity contribution in [2.45, 2.75) is 44.3 Å². The Labute approximate surface area is 106 Å². The molecule has 0 aliphatic heterocycles. The topological polar surface area (TPSA) is 37.8 Å². The Morgan fingerprint density at radius 2 is 2.12 bits per heavy atom. The van der Waals surface area contributed by atoms with Gasteiger partial charge in [-0.05, 0) is 26.5 Å². The fourth-order valence-electron chi connectivity index (χ4n) is 1.59. The molecule has 1 aromatic heterocycles. The van der Waals surface area contributed by atoms with Crippen LogP contribution in [0.5, 0.6) is 0 Å². The summed E-state index contributed by atoms with van der Waals surface area (Å²) in [7, 11) is 0. The maximum Gasteiger partial charge on any atom is 0.190 e. The molecule has 0 fully saturated rings. The number of nitrogens with zero attached hydrogens (tertiary/aromatic N) is 2. The molecule has 0 radical (unpaired) electrons. The molecule has 0 unspecified atom stereocenters. The largest absolute Gasteiger partial charge is 0.365 e. The second kappa shape index (κ2) is 5.73. The van der Waals surface area contributed by atoms with Gasteiger partial charge in [-0.3, -0.25) is 0 Å². The number of halogens is 1. The minimum absolute atomic E-state index is 0.0299. The number of anilines is 1. The van der Waals surface area contributed by atoms with Gasteiger partial charge in [-0.15, -0.1) is 0 Å². The molecule has 1 N–H and O–H groups in total. The van der Waals surface area contributed by atoms with E-state index < -0.39 is 0 Å². The van der Waals surface area contributed by atoms with E-state index in [9.17, 15) is 0 Å². The standard InChI is InChI=1S/C11H18ClN3S/c1-5-6-11(2,3)15-9-7-8(12)13-10(14-9)16-4/h7H,5-6H2,1-4H3,(H,13,14,15). The molecule has 0 amide bonds. The summed E-state index contributed by atoms with van der Waals surface area (Å²) in [5.41, 5.74) is 0.0299. The first-order valence-electron chi connectivity index (χ1n) is 5.33. The average Bonchev–Trinajstić information content (AvgIpc) is 2.15. The molecular weight excluding hydrogens is 242 g/mol. The highest BCUT2D eigenvalue weighted by molar-refractivity contribution is 7.98. The Bertz CT molecular complexity index is 355. The van der Waals surface area contributed by atoms with Crippen molar-refractivity contribution in [2.75, 3.05) is 11.6 Å². The molecule has 0 aliphatic carbocycles. The quantitative estimate of drug-likeness (QED) is 0.495. The number of hydrogen-bond acceptors (Lipinski definition) is 4. The maximum absolute atomic E-state index is 5.93. The number of hydrogen-bond donors (Lipinski definition) is 1. The highest BCUT2D eigenvalue weighted by Crippen LogP contribution is 2.22. The van der Waals surface area contributed by atoms with Gasteiger partial charge in [-0.25, -0.2) is 9.97 Å². The van der Waals surface area contributed by atoms with Gasteiger partial charge in [0.1, 0.15) is 11.0 Å². The summed E-state index contributed by atoms with van der Waals surface area (Å²) in [5.74, 6) is 0.794. The van der Waals surface area contributed by atoms with E-state index in [0.29, 0.717) is 10.3 Å². The summed E-state index contributed by atoms with van der Waals surface area (Å²) in [4.78, 5) is 8.48. The van der Waals surface area contributed by atoms with E-state index in [0.717, 1.165) is 18.7 Å². The minimum Gasteiger partial charge on any atom is -0.365 e. The van der Waals surface area contributed by atoms with E-state index >= 15 is 0 Å². The lowest BCUT2D eigenvalue weighted by molar-refractivity contribution is 0.508. The van der Waals surface area contributed by atoms with Crippen LogP contribution in [0.15, 0.2) is 11.2 Å². The average molecular weight is 260 g/mol. The van der Waals surface area contributed by atoms with Crippen LogP contribution in [-0.4, -0.2) is 21.8 Å². The number of nitrogens with one attached hydrogen (secondary N) is 1. The smallest absolute Gasteiger partial charge is 0.190 e. The molecule has 0 saturated heterocycles. The maximum atomic E-state index is 5.93. The molecule has 1 aromatic rings. The van der Waals surface area contributed by atoms with Gasteiger partial charge in [-0.1, -0.05) is 36.7 Å². The van der Waals surface area contributed by atoms with Crippen molar-refractivity contribution in [2.24, 2.45) is 0 Å². The highest BCUT2D eigenvalue weighted by atomic mass is 35.5. The van der Waals surface area contributed by atoms with Crippen LogP contribution in [0.4, 0.5) is 5.82 Å². The van der Waals surface area contributed by atoms with Crippen molar-refractivity contribution in [3.8, 4) is 0 Å². The van der Waals surface area contributed by atoms with E-state index in [2.05, 4.69) is 36.1 Å². The predicted octanol–water partition coefficient (Wildman–Crippen LogP) is 3.84. The monoisotopic (exact) mass is 259 g/mol. The molecule has 5 heteroatoms. The first-order chi connectivity index (χ1) is 7.46. The predicted molar refractivity (Wildman–Crippen MR) is 71.4 cm³/mol. The Morgan fingerprint density at radius 1 is 1.44 bits per heavy atom. The van der Waals surface area contributed by atoms with Crippen LogP contribution in [0, 0.1) is 0 Å². The van der Waals surface area contributed by atoms with Crippen LogP contribution < -0.4 is 5.32 Å². The van der Waals surface area contributed by atoms with Crippen LogP contribution in [0.25, 0.3) is 0 Å². The summed E-state index contributed by atoms with van der Waals surface area (Å²) in [6, 6.07) is 1.76. The van der Waals surface area contributed by atoms with E-state index in [-0.39, 0.29) is 5.54 Å². The number of aromatic nitrogens is 2. The zero-order valence-corrected chi connectivity index (χ0v) is 11.7. The molecule has 1 heterocycles. The van der Waals surface area contributed by atoms with Gasteiger partial charge in [0.25, 0.3) is 0 Å². The molecule has 0 aliphatic rings. The molecule has 0 spiro atoms. The molecule has 0 atom stereocenters. The first kappa shape index (κ1) is 13.6. The summed E-state index contributed by atoms with van der Waals surface area (Å²) in [6.07, 6.45) is 4.16. The van der Waals surface area contributed by atoms with E-state index in [1.807, 2.05) is 6.26 Å². The number of rotatable bonds is 5.